The summed E-state index contributed by atoms with van der Waals surface area (Å²) in [7, 11) is 0. The van der Waals surface area contributed by atoms with Crippen LogP contribution in [0.1, 0.15) is 41.8 Å². The zero-order valence-corrected chi connectivity index (χ0v) is 15.9. The SMILES string of the molecule is CC(O)c1c(N2CCC(C(=O)c3ccc(F)cc3)CC2)ccc2ccccc12. The number of hydrogen-bond acceptors (Lipinski definition) is 3. The van der Waals surface area contributed by atoms with Crippen LogP contribution in [0.25, 0.3) is 10.8 Å². The summed E-state index contributed by atoms with van der Waals surface area (Å²) in [4.78, 5) is 15.0. The van der Waals surface area contributed by atoms with Gasteiger partial charge in [0.2, 0.25) is 0 Å². The van der Waals surface area contributed by atoms with Gasteiger partial charge in [-0.2, -0.15) is 0 Å². The maximum Gasteiger partial charge on any atom is 0.166 e. The summed E-state index contributed by atoms with van der Waals surface area (Å²) in [6.45, 7) is 3.32. The van der Waals surface area contributed by atoms with Crippen molar-refractivity contribution in [1.29, 1.82) is 0 Å². The molecule has 0 amide bonds. The number of aliphatic hydroxyl groups excluding tert-OH is 1. The third-order valence-electron chi connectivity index (χ3n) is 5.70. The van der Waals surface area contributed by atoms with Crippen LogP contribution in [0.5, 0.6) is 0 Å². The smallest absolute Gasteiger partial charge is 0.166 e. The Kier molecular flexibility index (Phi) is 5.14. The zero-order valence-electron chi connectivity index (χ0n) is 15.9. The summed E-state index contributed by atoms with van der Waals surface area (Å²) < 4.78 is 13.1. The molecule has 0 aliphatic carbocycles. The predicted molar refractivity (Wildman–Crippen MR) is 110 cm³/mol. The first-order valence-electron chi connectivity index (χ1n) is 9.79. The van der Waals surface area contributed by atoms with Crippen molar-refractivity contribution >= 4 is 22.2 Å². The highest BCUT2D eigenvalue weighted by atomic mass is 19.1. The highest BCUT2D eigenvalue weighted by Crippen LogP contribution is 2.36. The number of ketones is 1. The van der Waals surface area contributed by atoms with Crippen molar-refractivity contribution in [2.75, 3.05) is 18.0 Å². The van der Waals surface area contributed by atoms with E-state index in [4.69, 9.17) is 0 Å². The van der Waals surface area contributed by atoms with Crippen LogP contribution < -0.4 is 4.90 Å². The molecule has 4 rings (SSSR count). The van der Waals surface area contributed by atoms with Gasteiger partial charge in [0.05, 0.1) is 6.10 Å². The number of benzene rings is 3. The van der Waals surface area contributed by atoms with Gasteiger partial charge in [0.25, 0.3) is 0 Å². The van der Waals surface area contributed by atoms with Gasteiger partial charge in [0.1, 0.15) is 5.82 Å². The third-order valence-corrected chi connectivity index (χ3v) is 5.70. The minimum atomic E-state index is -0.570. The minimum Gasteiger partial charge on any atom is -0.389 e. The van der Waals surface area contributed by atoms with Gasteiger partial charge >= 0.3 is 0 Å². The number of halogens is 1. The molecule has 3 aromatic rings. The molecule has 3 nitrogen and oxygen atoms in total. The molecule has 1 heterocycles. The van der Waals surface area contributed by atoms with Gasteiger partial charge in [-0.25, -0.2) is 4.39 Å². The molecule has 0 aromatic heterocycles. The van der Waals surface area contributed by atoms with Gasteiger partial charge in [-0.3, -0.25) is 4.79 Å². The van der Waals surface area contributed by atoms with E-state index in [1.807, 2.05) is 18.2 Å². The van der Waals surface area contributed by atoms with Crippen molar-refractivity contribution in [3.05, 3.63) is 77.6 Å². The Morgan fingerprint density at radius 2 is 1.71 bits per heavy atom. The zero-order chi connectivity index (χ0) is 19.7. The normalized spacial score (nSPS) is 16.3. The van der Waals surface area contributed by atoms with E-state index in [0.29, 0.717) is 5.56 Å². The Morgan fingerprint density at radius 1 is 1.04 bits per heavy atom. The fraction of sp³-hybridized carbons (Fsp3) is 0.292. The number of anilines is 1. The van der Waals surface area contributed by atoms with E-state index in [1.54, 1.807) is 19.1 Å². The Balaban J connectivity index is 1.54. The largest absolute Gasteiger partial charge is 0.389 e. The fourth-order valence-electron chi connectivity index (χ4n) is 4.23. The molecule has 28 heavy (non-hydrogen) atoms. The van der Waals surface area contributed by atoms with Crippen LogP contribution in [0.4, 0.5) is 10.1 Å². The second-order valence-corrected chi connectivity index (χ2v) is 7.53. The molecule has 1 atom stereocenters. The number of nitrogens with zero attached hydrogens (tertiary/aromatic N) is 1. The van der Waals surface area contributed by atoms with Gasteiger partial charge < -0.3 is 10.0 Å². The van der Waals surface area contributed by atoms with Crippen LogP contribution >= 0.6 is 0 Å². The van der Waals surface area contributed by atoms with Crippen LogP contribution in [-0.2, 0) is 0 Å². The van der Waals surface area contributed by atoms with Crippen molar-refractivity contribution < 1.29 is 14.3 Å². The highest BCUT2D eigenvalue weighted by molar-refractivity contribution is 5.98. The van der Waals surface area contributed by atoms with Crippen molar-refractivity contribution in [3.63, 3.8) is 0 Å². The van der Waals surface area contributed by atoms with E-state index in [1.165, 1.54) is 12.1 Å². The van der Waals surface area contributed by atoms with Crippen molar-refractivity contribution in [1.82, 2.24) is 0 Å². The number of carbonyl (C=O) groups excluding carboxylic acids is 1. The molecular formula is C24H24FNO2. The van der Waals surface area contributed by atoms with Crippen molar-refractivity contribution in [2.24, 2.45) is 5.92 Å². The Hall–Kier alpha value is -2.72. The molecule has 1 N–H and O–H groups in total. The molecule has 1 aliphatic heterocycles. The van der Waals surface area contributed by atoms with E-state index in [0.717, 1.165) is 48.0 Å². The highest BCUT2D eigenvalue weighted by Gasteiger charge is 2.27. The average molecular weight is 377 g/mol. The fourth-order valence-corrected chi connectivity index (χ4v) is 4.23. The monoisotopic (exact) mass is 377 g/mol. The predicted octanol–water partition coefficient (Wildman–Crippen LogP) is 5.13. The molecule has 3 aromatic carbocycles. The summed E-state index contributed by atoms with van der Waals surface area (Å²) in [6, 6.07) is 18.1. The Labute approximate surface area is 164 Å². The average Bonchev–Trinajstić information content (AvgIpc) is 2.73. The van der Waals surface area contributed by atoms with E-state index in [-0.39, 0.29) is 17.5 Å². The lowest BCUT2D eigenvalue weighted by atomic mass is 9.88. The van der Waals surface area contributed by atoms with Gasteiger partial charge in [-0.1, -0.05) is 30.3 Å². The van der Waals surface area contributed by atoms with Gasteiger partial charge in [-0.15, -0.1) is 0 Å². The summed E-state index contributed by atoms with van der Waals surface area (Å²) >= 11 is 0. The van der Waals surface area contributed by atoms with E-state index in [2.05, 4.69) is 23.1 Å². The first-order chi connectivity index (χ1) is 13.5. The molecule has 1 unspecified atom stereocenters. The van der Waals surface area contributed by atoms with Crippen LogP contribution in [0, 0.1) is 11.7 Å². The van der Waals surface area contributed by atoms with Gasteiger partial charge in [-0.05, 0) is 60.9 Å². The summed E-state index contributed by atoms with van der Waals surface area (Å²) in [5.74, 6) is -0.278. The van der Waals surface area contributed by atoms with E-state index < -0.39 is 6.10 Å². The molecule has 1 aliphatic rings. The number of aliphatic hydroxyl groups is 1. The quantitative estimate of drug-likeness (QED) is 0.641. The lowest BCUT2D eigenvalue weighted by Gasteiger charge is -2.35. The van der Waals surface area contributed by atoms with E-state index in [9.17, 15) is 14.3 Å². The van der Waals surface area contributed by atoms with Crippen molar-refractivity contribution in [2.45, 2.75) is 25.9 Å². The number of rotatable bonds is 4. The van der Waals surface area contributed by atoms with Crippen LogP contribution in [0.2, 0.25) is 0 Å². The molecule has 1 saturated heterocycles. The minimum absolute atomic E-state index is 0.0443. The third kappa shape index (κ3) is 3.52. The molecule has 0 saturated carbocycles. The topological polar surface area (TPSA) is 40.5 Å². The van der Waals surface area contributed by atoms with Crippen LogP contribution in [-0.4, -0.2) is 24.0 Å². The standard InChI is InChI=1S/C24H24FNO2/c1-16(27)23-21-5-3-2-4-17(21)8-11-22(23)26-14-12-19(13-15-26)24(28)18-6-9-20(25)10-7-18/h2-11,16,19,27H,12-15H2,1H3. The molecule has 1 fully saturated rings. The number of fused-ring (bicyclic) bond motifs is 1. The maximum absolute atomic E-state index is 13.1. The summed E-state index contributed by atoms with van der Waals surface area (Å²) in [6.07, 6.45) is 0.935. The number of hydrogen-bond donors (Lipinski definition) is 1. The second kappa shape index (κ2) is 7.72. The number of Topliss-reactive ketones (excluding diaryl/α,β-unsaturated/α-hetero) is 1. The summed E-state index contributed by atoms with van der Waals surface area (Å²) in [5.41, 5.74) is 2.57. The maximum atomic E-state index is 13.1. The number of carbonyl (C=O) groups is 1. The Morgan fingerprint density at radius 3 is 2.39 bits per heavy atom. The second-order valence-electron chi connectivity index (χ2n) is 7.53. The Bertz CT molecular complexity index is 989. The lowest BCUT2D eigenvalue weighted by molar-refractivity contribution is 0.0900. The first kappa shape index (κ1) is 18.6. The van der Waals surface area contributed by atoms with Crippen molar-refractivity contribution in [3.8, 4) is 0 Å². The van der Waals surface area contributed by atoms with E-state index >= 15 is 0 Å². The molecule has 144 valence electrons. The molecule has 0 spiro atoms. The molecule has 0 bridgehead atoms. The van der Waals surface area contributed by atoms with Gasteiger partial charge in [0.15, 0.2) is 5.78 Å². The van der Waals surface area contributed by atoms with Crippen LogP contribution in [0.15, 0.2) is 60.7 Å². The van der Waals surface area contributed by atoms with Gasteiger partial charge in [0, 0.05) is 35.8 Å². The van der Waals surface area contributed by atoms with Crippen LogP contribution in [0.3, 0.4) is 0 Å². The molecule has 0 radical (unpaired) electrons. The number of piperidine rings is 1. The molecule has 4 heteroatoms. The first-order valence-corrected chi connectivity index (χ1v) is 9.79. The summed E-state index contributed by atoms with van der Waals surface area (Å²) in [5, 5.41) is 12.6. The lowest BCUT2D eigenvalue weighted by Crippen LogP contribution is -2.37. The molecular weight excluding hydrogens is 353 g/mol.